The Hall–Kier alpha value is -1.76. The third kappa shape index (κ3) is 3.04. The van der Waals surface area contributed by atoms with Crippen LogP contribution >= 0.6 is 0 Å². The highest BCUT2D eigenvalue weighted by Gasteiger charge is 2.39. The van der Waals surface area contributed by atoms with E-state index in [0.29, 0.717) is 6.42 Å². The summed E-state index contributed by atoms with van der Waals surface area (Å²) in [6.45, 7) is 1.71. The standard InChI is InChI=1S/C13H17NO5S/c1-13(5-6-20(17,18)8-13)14-12(16)9-3-4-11(19-2)10(15)7-9/h3-4,7,15H,5-6,8H2,1-2H3,(H,14,16). The van der Waals surface area contributed by atoms with Gasteiger partial charge in [0.25, 0.3) is 5.91 Å². The van der Waals surface area contributed by atoms with Crippen molar-refractivity contribution in [3.8, 4) is 11.5 Å². The van der Waals surface area contributed by atoms with Gasteiger partial charge >= 0.3 is 0 Å². The van der Waals surface area contributed by atoms with E-state index in [1.165, 1.54) is 25.3 Å². The normalized spacial score (nSPS) is 24.3. The number of phenolic OH excluding ortho intramolecular Hbond substituents is 1. The predicted octanol–water partition coefficient (Wildman–Crippen LogP) is 0.708. The molecule has 0 saturated carbocycles. The van der Waals surface area contributed by atoms with Crippen molar-refractivity contribution in [3.05, 3.63) is 23.8 Å². The number of aromatic hydroxyl groups is 1. The van der Waals surface area contributed by atoms with E-state index in [4.69, 9.17) is 4.74 Å². The maximum atomic E-state index is 12.1. The van der Waals surface area contributed by atoms with E-state index in [1.54, 1.807) is 6.92 Å². The molecule has 0 aliphatic carbocycles. The first-order valence-electron chi connectivity index (χ1n) is 6.15. The summed E-state index contributed by atoms with van der Waals surface area (Å²) in [5.74, 6) is -0.256. The molecule has 7 heteroatoms. The molecule has 0 spiro atoms. The van der Waals surface area contributed by atoms with Gasteiger partial charge in [0.05, 0.1) is 24.2 Å². The van der Waals surface area contributed by atoms with Crippen molar-refractivity contribution in [2.45, 2.75) is 18.9 Å². The first kappa shape index (κ1) is 14.6. The van der Waals surface area contributed by atoms with Gasteiger partial charge in [0.15, 0.2) is 21.3 Å². The Morgan fingerprint density at radius 2 is 2.15 bits per heavy atom. The molecule has 20 heavy (non-hydrogen) atoms. The SMILES string of the molecule is COc1ccc(C(=O)NC2(C)CCS(=O)(=O)C2)cc1O. The Morgan fingerprint density at radius 3 is 2.65 bits per heavy atom. The minimum absolute atomic E-state index is 0.0616. The summed E-state index contributed by atoms with van der Waals surface area (Å²) in [4.78, 5) is 12.1. The second-order valence-electron chi connectivity index (χ2n) is 5.24. The predicted molar refractivity (Wildman–Crippen MR) is 73.8 cm³/mol. The Kier molecular flexibility index (Phi) is 3.64. The number of hydrogen-bond donors (Lipinski definition) is 2. The lowest BCUT2D eigenvalue weighted by Crippen LogP contribution is -2.46. The highest BCUT2D eigenvalue weighted by Crippen LogP contribution is 2.27. The lowest BCUT2D eigenvalue weighted by atomic mass is 10.0. The molecular formula is C13H17NO5S. The minimum atomic E-state index is -3.08. The third-order valence-electron chi connectivity index (χ3n) is 3.36. The van der Waals surface area contributed by atoms with Gasteiger partial charge in [0, 0.05) is 5.56 Å². The van der Waals surface area contributed by atoms with E-state index in [2.05, 4.69) is 5.32 Å². The highest BCUT2D eigenvalue weighted by molar-refractivity contribution is 7.91. The van der Waals surface area contributed by atoms with Crippen LogP contribution in [0, 0.1) is 0 Å². The van der Waals surface area contributed by atoms with Crippen LogP contribution in [-0.2, 0) is 9.84 Å². The molecule has 2 N–H and O–H groups in total. The largest absolute Gasteiger partial charge is 0.504 e. The number of rotatable bonds is 3. The van der Waals surface area contributed by atoms with Gasteiger partial charge in [-0.25, -0.2) is 8.42 Å². The number of methoxy groups -OCH3 is 1. The van der Waals surface area contributed by atoms with Crippen molar-refractivity contribution >= 4 is 15.7 Å². The molecule has 0 radical (unpaired) electrons. The van der Waals surface area contributed by atoms with E-state index < -0.39 is 21.3 Å². The van der Waals surface area contributed by atoms with Crippen molar-refractivity contribution in [3.63, 3.8) is 0 Å². The minimum Gasteiger partial charge on any atom is -0.504 e. The number of carbonyl (C=O) groups excluding carboxylic acids is 1. The average Bonchev–Trinajstić information content (AvgIpc) is 2.63. The number of hydrogen-bond acceptors (Lipinski definition) is 5. The Bertz CT molecular complexity index is 640. The molecule has 1 atom stereocenters. The van der Waals surface area contributed by atoms with Crippen LogP contribution in [-0.4, -0.2) is 43.6 Å². The highest BCUT2D eigenvalue weighted by atomic mass is 32.2. The van der Waals surface area contributed by atoms with Gasteiger partial charge < -0.3 is 15.2 Å². The van der Waals surface area contributed by atoms with Crippen molar-refractivity contribution < 1.29 is 23.1 Å². The smallest absolute Gasteiger partial charge is 0.251 e. The zero-order valence-corrected chi connectivity index (χ0v) is 12.2. The Balaban J connectivity index is 2.15. The van der Waals surface area contributed by atoms with Gasteiger partial charge in [-0.2, -0.15) is 0 Å². The Labute approximate surface area is 117 Å². The van der Waals surface area contributed by atoms with E-state index in [9.17, 15) is 18.3 Å². The molecule has 1 amide bonds. The molecular weight excluding hydrogens is 282 g/mol. The van der Waals surface area contributed by atoms with Gasteiger partial charge in [-0.05, 0) is 31.5 Å². The molecule has 1 unspecified atom stereocenters. The number of carbonyl (C=O) groups is 1. The molecule has 1 aliphatic heterocycles. The average molecular weight is 299 g/mol. The molecule has 1 aromatic carbocycles. The number of sulfone groups is 1. The fraction of sp³-hybridized carbons (Fsp3) is 0.462. The van der Waals surface area contributed by atoms with Crippen LogP contribution < -0.4 is 10.1 Å². The molecule has 6 nitrogen and oxygen atoms in total. The van der Waals surface area contributed by atoms with Gasteiger partial charge in [-0.15, -0.1) is 0 Å². The summed E-state index contributed by atoms with van der Waals surface area (Å²) in [5, 5.41) is 12.4. The first-order chi connectivity index (χ1) is 9.25. The number of nitrogens with one attached hydrogen (secondary N) is 1. The molecule has 1 saturated heterocycles. The van der Waals surface area contributed by atoms with Crippen LogP contribution in [0.1, 0.15) is 23.7 Å². The van der Waals surface area contributed by atoms with Crippen molar-refractivity contribution in [1.82, 2.24) is 5.32 Å². The maximum absolute atomic E-state index is 12.1. The summed E-state index contributed by atoms with van der Waals surface area (Å²) in [5.41, 5.74) is -0.500. The molecule has 2 rings (SSSR count). The monoisotopic (exact) mass is 299 g/mol. The van der Waals surface area contributed by atoms with Crippen LogP contribution in [0.2, 0.25) is 0 Å². The van der Waals surface area contributed by atoms with E-state index in [-0.39, 0.29) is 28.6 Å². The van der Waals surface area contributed by atoms with Crippen molar-refractivity contribution in [2.75, 3.05) is 18.6 Å². The van der Waals surface area contributed by atoms with Gasteiger partial charge in [-0.3, -0.25) is 4.79 Å². The lowest BCUT2D eigenvalue weighted by Gasteiger charge is -2.24. The summed E-state index contributed by atoms with van der Waals surface area (Å²) < 4.78 is 27.9. The number of amides is 1. The fourth-order valence-corrected chi connectivity index (χ4v) is 4.38. The number of phenols is 1. The molecule has 110 valence electrons. The maximum Gasteiger partial charge on any atom is 0.251 e. The Morgan fingerprint density at radius 1 is 1.45 bits per heavy atom. The van der Waals surface area contributed by atoms with Crippen molar-refractivity contribution in [2.24, 2.45) is 0 Å². The second kappa shape index (κ2) is 4.97. The molecule has 1 aromatic rings. The van der Waals surface area contributed by atoms with Gasteiger partial charge in [0.1, 0.15) is 0 Å². The zero-order chi connectivity index (χ0) is 15.0. The van der Waals surface area contributed by atoms with Crippen LogP contribution in [0.15, 0.2) is 18.2 Å². The zero-order valence-electron chi connectivity index (χ0n) is 11.3. The van der Waals surface area contributed by atoms with E-state index in [1.807, 2.05) is 0 Å². The van der Waals surface area contributed by atoms with Crippen LogP contribution in [0.4, 0.5) is 0 Å². The quantitative estimate of drug-likeness (QED) is 0.857. The molecule has 0 aromatic heterocycles. The molecule has 1 fully saturated rings. The first-order valence-corrected chi connectivity index (χ1v) is 7.97. The summed E-state index contributed by atoms with van der Waals surface area (Å²) in [7, 11) is -1.67. The lowest BCUT2D eigenvalue weighted by molar-refractivity contribution is 0.0915. The van der Waals surface area contributed by atoms with E-state index >= 15 is 0 Å². The number of benzene rings is 1. The topological polar surface area (TPSA) is 92.7 Å². The molecule has 0 bridgehead atoms. The summed E-state index contributed by atoms with van der Waals surface area (Å²) >= 11 is 0. The molecule has 1 aliphatic rings. The summed E-state index contributed by atoms with van der Waals surface area (Å²) in [6, 6.07) is 4.29. The second-order valence-corrected chi connectivity index (χ2v) is 7.43. The van der Waals surface area contributed by atoms with Gasteiger partial charge in [-0.1, -0.05) is 0 Å². The number of ether oxygens (including phenoxy) is 1. The van der Waals surface area contributed by atoms with Crippen LogP contribution in [0.5, 0.6) is 11.5 Å². The fourth-order valence-electron chi connectivity index (χ4n) is 2.29. The van der Waals surface area contributed by atoms with Crippen molar-refractivity contribution in [1.29, 1.82) is 0 Å². The summed E-state index contributed by atoms with van der Waals surface area (Å²) in [6.07, 6.45) is 0.392. The van der Waals surface area contributed by atoms with Crippen LogP contribution in [0.3, 0.4) is 0 Å². The van der Waals surface area contributed by atoms with E-state index in [0.717, 1.165) is 0 Å². The molecule has 1 heterocycles. The van der Waals surface area contributed by atoms with Crippen LogP contribution in [0.25, 0.3) is 0 Å². The third-order valence-corrected chi connectivity index (χ3v) is 5.26. The van der Waals surface area contributed by atoms with Gasteiger partial charge in [0.2, 0.25) is 0 Å².